The maximum absolute atomic E-state index is 14.0. The van der Waals surface area contributed by atoms with E-state index in [1.807, 2.05) is 52.0 Å². The van der Waals surface area contributed by atoms with Gasteiger partial charge in [-0.25, -0.2) is 8.42 Å². The first kappa shape index (κ1) is 30.6. The fourth-order valence-electron chi connectivity index (χ4n) is 4.11. The van der Waals surface area contributed by atoms with E-state index in [1.165, 1.54) is 17.0 Å². The van der Waals surface area contributed by atoms with Gasteiger partial charge in [0.2, 0.25) is 11.8 Å². The summed E-state index contributed by atoms with van der Waals surface area (Å²) >= 11 is 2.15. The molecule has 0 saturated heterocycles. The number of hydrogen-bond donors (Lipinski definition) is 1. The van der Waals surface area contributed by atoms with Crippen molar-refractivity contribution in [3.8, 4) is 0 Å². The molecule has 9 heteroatoms. The van der Waals surface area contributed by atoms with Gasteiger partial charge in [0.15, 0.2) is 0 Å². The second kappa shape index (κ2) is 13.9. The third kappa shape index (κ3) is 8.04. The fourth-order valence-corrected chi connectivity index (χ4v) is 5.90. The third-order valence-corrected chi connectivity index (χ3v) is 9.09. The van der Waals surface area contributed by atoms with Crippen LogP contribution < -0.4 is 9.62 Å². The highest BCUT2D eigenvalue weighted by Crippen LogP contribution is 2.25. The maximum atomic E-state index is 14.0. The number of hydrogen-bond acceptors (Lipinski definition) is 4. The molecular weight excluding hydrogens is 625 g/mol. The molecule has 3 aromatic carbocycles. The second-order valence-corrected chi connectivity index (χ2v) is 12.7. The highest BCUT2D eigenvalue weighted by Gasteiger charge is 2.33. The van der Waals surface area contributed by atoms with Crippen molar-refractivity contribution < 1.29 is 18.0 Å². The highest BCUT2D eigenvalue weighted by molar-refractivity contribution is 14.1. The number of rotatable bonds is 12. The lowest BCUT2D eigenvalue weighted by atomic mass is 10.1. The van der Waals surface area contributed by atoms with Gasteiger partial charge in [0, 0.05) is 16.2 Å². The van der Waals surface area contributed by atoms with Gasteiger partial charge in [-0.2, -0.15) is 0 Å². The molecule has 2 amide bonds. The van der Waals surface area contributed by atoms with E-state index in [0.29, 0.717) is 12.1 Å². The normalized spacial score (nSPS) is 12.8. The average molecular weight is 662 g/mol. The molecule has 3 aromatic rings. The van der Waals surface area contributed by atoms with Gasteiger partial charge in [-0.3, -0.25) is 13.9 Å². The van der Waals surface area contributed by atoms with Crippen LogP contribution in [0.1, 0.15) is 44.7 Å². The Labute approximate surface area is 245 Å². The molecule has 0 aliphatic heterocycles. The Bertz CT molecular complexity index is 1350. The van der Waals surface area contributed by atoms with Gasteiger partial charge in [-0.05, 0) is 91.2 Å². The maximum Gasteiger partial charge on any atom is 0.264 e. The molecule has 0 bridgehead atoms. The Hall–Kier alpha value is -2.92. The molecule has 0 unspecified atom stereocenters. The topological polar surface area (TPSA) is 86.8 Å². The molecule has 0 fully saturated rings. The minimum Gasteiger partial charge on any atom is -0.352 e. The first-order valence-electron chi connectivity index (χ1n) is 13.1. The molecule has 39 heavy (non-hydrogen) atoms. The summed E-state index contributed by atoms with van der Waals surface area (Å²) in [4.78, 5) is 28.9. The summed E-state index contributed by atoms with van der Waals surface area (Å²) in [6.45, 7) is 7.47. The van der Waals surface area contributed by atoms with Crippen molar-refractivity contribution in [2.75, 3.05) is 10.8 Å². The van der Waals surface area contributed by atoms with Crippen LogP contribution in [0.25, 0.3) is 0 Å². The third-order valence-electron chi connectivity index (χ3n) is 6.59. The van der Waals surface area contributed by atoms with Crippen LogP contribution in [0.4, 0.5) is 5.69 Å². The van der Waals surface area contributed by atoms with Gasteiger partial charge < -0.3 is 10.2 Å². The van der Waals surface area contributed by atoms with E-state index in [2.05, 4.69) is 27.9 Å². The zero-order valence-electron chi connectivity index (χ0n) is 22.8. The minimum absolute atomic E-state index is 0.0513. The summed E-state index contributed by atoms with van der Waals surface area (Å²) in [7, 11) is -4.07. The standard InChI is InChI=1S/C30H36IN3O4S/c1-5-23(4)32-30(36)28(6-2)33(20-24-14-12-22(3)13-15-24)29(35)21-34(26-18-16-25(31)17-19-26)39(37,38)27-10-8-7-9-11-27/h7-19,23,28H,5-6,20-21H2,1-4H3,(H,32,36)/t23-,28+/m1/s1. The Kier molecular flexibility index (Phi) is 10.9. The number of nitrogens with zero attached hydrogens (tertiary/aromatic N) is 2. The highest BCUT2D eigenvalue weighted by atomic mass is 127. The average Bonchev–Trinajstić information content (AvgIpc) is 2.93. The van der Waals surface area contributed by atoms with E-state index in [1.54, 1.807) is 42.5 Å². The number of sulfonamides is 1. The first-order valence-corrected chi connectivity index (χ1v) is 15.6. The smallest absolute Gasteiger partial charge is 0.264 e. The van der Waals surface area contributed by atoms with Crippen molar-refractivity contribution >= 4 is 50.1 Å². The van der Waals surface area contributed by atoms with Gasteiger partial charge in [0.1, 0.15) is 12.6 Å². The molecule has 0 aliphatic rings. The number of nitrogens with one attached hydrogen (secondary N) is 1. The van der Waals surface area contributed by atoms with Gasteiger partial charge in [0.05, 0.1) is 10.6 Å². The van der Waals surface area contributed by atoms with Crippen LogP contribution >= 0.6 is 22.6 Å². The van der Waals surface area contributed by atoms with Crippen LogP contribution in [0.3, 0.4) is 0 Å². The number of aryl methyl sites for hydroxylation is 1. The van der Waals surface area contributed by atoms with Crippen LogP contribution in [0.15, 0.2) is 83.8 Å². The fraction of sp³-hybridized carbons (Fsp3) is 0.333. The van der Waals surface area contributed by atoms with Crippen LogP contribution in [-0.4, -0.2) is 43.8 Å². The molecule has 208 valence electrons. The summed E-state index contributed by atoms with van der Waals surface area (Å²) in [5.74, 6) is -0.709. The van der Waals surface area contributed by atoms with Gasteiger partial charge >= 0.3 is 0 Å². The summed E-state index contributed by atoms with van der Waals surface area (Å²) < 4.78 is 29.7. The van der Waals surface area contributed by atoms with Crippen LogP contribution in [0.2, 0.25) is 0 Å². The largest absolute Gasteiger partial charge is 0.352 e. The van der Waals surface area contributed by atoms with E-state index >= 15 is 0 Å². The van der Waals surface area contributed by atoms with E-state index in [4.69, 9.17) is 0 Å². The Balaban J connectivity index is 2.03. The summed E-state index contributed by atoms with van der Waals surface area (Å²) in [5, 5.41) is 2.99. The lowest BCUT2D eigenvalue weighted by Gasteiger charge is -2.33. The molecular formula is C30H36IN3O4S. The molecule has 2 atom stereocenters. The summed E-state index contributed by atoms with van der Waals surface area (Å²) in [5.41, 5.74) is 2.31. The molecule has 0 aliphatic carbocycles. The Morgan fingerprint density at radius 1 is 0.897 bits per heavy atom. The van der Waals surface area contributed by atoms with Gasteiger partial charge in [-0.15, -0.1) is 0 Å². The van der Waals surface area contributed by atoms with Crippen molar-refractivity contribution in [1.82, 2.24) is 10.2 Å². The number of carbonyl (C=O) groups excluding carboxylic acids is 2. The first-order chi connectivity index (χ1) is 18.6. The monoisotopic (exact) mass is 661 g/mol. The molecule has 7 nitrogen and oxygen atoms in total. The number of anilines is 1. The summed E-state index contributed by atoms with van der Waals surface area (Å²) in [6, 6.07) is 22.0. The zero-order chi connectivity index (χ0) is 28.6. The molecule has 0 radical (unpaired) electrons. The molecule has 1 N–H and O–H groups in total. The van der Waals surface area contributed by atoms with Crippen molar-refractivity contribution in [2.45, 2.75) is 64.1 Å². The van der Waals surface area contributed by atoms with Crippen LogP contribution in [0, 0.1) is 10.5 Å². The van der Waals surface area contributed by atoms with Crippen LogP contribution in [0.5, 0.6) is 0 Å². The van der Waals surface area contributed by atoms with Crippen molar-refractivity contribution in [3.05, 3.63) is 93.6 Å². The predicted molar refractivity (Wildman–Crippen MR) is 164 cm³/mol. The lowest BCUT2D eigenvalue weighted by Crippen LogP contribution is -2.53. The second-order valence-electron chi connectivity index (χ2n) is 9.55. The molecule has 0 aromatic heterocycles. The SMILES string of the molecule is CC[C@@H](C)NC(=O)[C@H](CC)N(Cc1ccc(C)cc1)C(=O)CN(c1ccc(I)cc1)S(=O)(=O)c1ccccc1. The van der Waals surface area contributed by atoms with E-state index in [9.17, 15) is 18.0 Å². The van der Waals surface area contributed by atoms with Crippen molar-refractivity contribution in [3.63, 3.8) is 0 Å². The van der Waals surface area contributed by atoms with E-state index < -0.39 is 28.5 Å². The van der Waals surface area contributed by atoms with E-state index in [0.717, 1.165) is 25.4 Å². The quantitative estimate of drug-likeness (QED) is 0.259. The molecule has 0 saturated carbocycles. The lowest BCUT2D eigenvalue weighted by molar-refractivity contribution is -0.140. The Morgan fingerprint density at radius 3 is 2.08 bits per heavy atom. The van der Waals surface area contributed by atoms with Crippen molar-refractivity contribution in [1.29, 1.82) is 0 Å². The number of amides is 2. The predicted octanol–water partition coefficient (Wildman–Crippen LogP) is 5.52. The molecule has 0 spiro atoms. The van der Waals surface area contributed by atoms with Crippen molar-refractivity contribution in [2.24, 2.45) is 0 Å². The van der Waals surface area contributed by atoms with Crippen LogP contribution in [-0.2, 0) is 26.2 Å². The number of benzene rings is 3. The zero-order valence-corrected chi connectivity index (χ0v) is 25.8. The van der Waals surface area contributed by atoms with E-state index in [-0.39, 0.29) is 23.4 Å². The number of carbonyl (C=O) groups is 2. The minimum atomic E-state index is -4.07. The molecule has 3 rings (SSSR count). The Morgan fingerprint density at radius 2 is 1.51 bits per heavy atom. The molecule has 0 heterocycles. The number of halogens is 1. The van der Waals surface area contributed by atoms with Gasteiger partial charge in [0.25, 0.3) is 10.0 Å². The van der Waals surface area contributed by atoms with Gasteiger partial charge in [-0.1, -0.05) is 61.9 Å². The summed E-state index contributed by atoms with van der Waals surface area (Å²) in [6.07, 6.45) is 1.14.